The second-order valence-electron chi connectivity index (χ2n) is 7.88. The molecule has 1 unspecified atom stereocenters. The summed E-state index contributed by atoms with van der Waals surface area (Å²) >= 11 is 0. The van der Waals surface area contributed by atoms with Gasteiger partial charge in [-0.3, -0.25) is 14.5 Å². The van der Waals surface area contributed by atoms with Crippen molar-refractivity contribution in [1.29, 1.82) is 0 Å². The van der Waals surface area contributed by atoms with Gasteiger partial charge in [0.25, 0.3) is 0 Å². The molecule has 9 heteroatoms. The lowest BCUT2D eigenvalue weighted by atomic mass is 9.97. The van der Waals surface area contributed by atoms with Gasteiger partial charge in [-0.1, -0.05) is 33.3 Å². The first-order valence-corrected chi connectivity index (χ1v) is 12.7. The van der Waals surface area contributed by atoms with E-state index in [-0.39, 0.29) is 29.2 Å². The minimum Gasteiger partial charge on any atom is -0.356 e. The van der Waals surface area contributed by atoms with Crippen molar-refractivity contribution in [1.82, 2.24) is 14.5 Å². The summed E-state index contributed by atoms with van der Waals surface area (Å²) in [6, 6.07) is 6.34. The van der Waals surface area contributed by atoms with Crippen molar-refractivity contribution in [3.05, 3.63) is 24.3 Å². The first kappa shape index (κ1) is 25.3. The Hall–Kier alpha value is -1.97. The first-order valence-electron chi connectivity index (χ1n) is 11.2. The van der Waals surface area contributed by atoms with Crippen molar-refractivity contribution in [3.63, 3.8) is 0 Å². The number of anilines is 1. The minimum absolute atomic E-state index is 0.0628. The Balaban J connectivity index is 1.94. The van der Waals surface area contributed by atoms with Crippen LogP contribution in [0.2, 0.25) is 0 Å². The molecule has 1 saturated heterocycles. The second-order valence-corrected chi connectivity index (χ2v) is 9.82. The summed E-state index contributed by atoms with van der Waals surface area (Å²) in [6.07, 6.45) is 3.71. The largest absolute Gasteiger partial charge is 0.356 e. The van der Waals surface area contributed by atoms with E-state index >= 15 is 0 Å². The monoisotopic (exact) mass is 452 g/mol. The van der Waals surface area contributed by atoms with Crippen LogP contribution in [-0.2, 0) is 19.6 Å². The topological polar surface area (TPSA) is 98.8 Å². The van der Waals surface area contributed by atoms with Gasteiger partial charge in [0.2, 0.25) is 21.8 Å². The predicted octanol–water partition coefficient (Wildman–Crippen LogP) is 2.28. The lowest BCUT2D eigenvalue weighted by molar-refractivity contribution is -0.127. The maximum atomic E-state index is 12.7. The van der Waals surface area contributed by atoms with Gasteiger partial charge < -0.3 is 10.6 Å². The molecule has 0 saturated carbocycles. The number of amides is 2. The number of carbonyl (C=O) groups excluding carboxylic acids is 2. The zero-order valence-corrected chi connectivity index (χ0v) is 19.7. The first-order chi connectivity index (χ1) is 14.8. The Labute approximate surface area is 186 Å². The van der Waals surface area contributed by atoms with Crippen molar-refractivity contribution >= 4 is 27.5 Å². The van der Waals surface area contributed by atoms with E-state index in [0.717, 1.165) is 32.2 Å². The molecule has 1 fully saturated rings. The van der Waals surface area contributed by atoms with Gasteiger partial charge in [-0.05, 0) is 44.0 Å². The van der Waals surface area contributed by atoms with Crippen LogP contribution in [0.1, 0.15) is 46.5 Å². The number of nitrogens with one attached hydrogen (secondary N) is 2. The predicted molar refractivity (Wildman–Crippen MR) is 122 cm³/mol. The highest BCUT2D eigenvalue weighted by Gasteiger charge is 2.27. The lowest BCUT2D eigenvalue weighted by Crippen LogP contribution is -2.45. The van der Waals surface area contributed by atoms with Gasteiger partial charge in [-0.15, -0.1) is 0 Å². The SMILES string of the molecule is CCCCNC(=O)C1CCCN(CC(=O)Nc2cccc(S(=O)(=O)N(CC)CC)c2)C1. The molecule has 0 aliphatic carbocycles. The van der Waals surface area contributed by atoms with Crippen LogP contribution in [0.25, 0.3) is 0 Å². The highest BCUT2D eigenvalue weighted by molar-refractivity contribution is 7.89. The van der Waals surface area contributed by atoms with Crippen LogP contribution in [0.4, 0.5) is 5.69 Å². The summed E-state index contributed by atoms with van der Waals surface area (Å²) in [4.78, 5) is 27.0. The normalized spacial score (nSPS) is 17.5. The van der Waals surface area contributed by atoms with E-state index in [1.54, 1.807) is 26.0 Å². The molecule has 31 heavy (non-hydrogen) atoms. The molecule has 2 amide bonds. The van der Waals surface area contributed by atoms with E-state index in [4.69, 9.17) is 0 Å². The number of nitrogens with zero attached hydrogens (tertiary/aromatic N) is 2. The van der Waals surface area contributed by atoms with Crippen LogP contribution in [-0.4, -0.2) is 68.7 Å². The fourth-order valence-corrected chi connectivity index (χ4v) is 5.30. The van der Waals surface area contributed by atoms with E-state index in [1.165, 1.54) is 16.4 Å². The van der Waals surface area contributed by atoms with Gasteiger partial charge in [-0.2, -0.15) is 4.31 Å². The number of piperidine rings is 1. The minimum atomic E-state index is -3.59. The molecule has 1 aliphatic heterocycles. The molecule has 1 atom stereocenters. The number of hydrogen-bond donors (Lipinski definition) is 2. The fraction of sp³-hybridized carbons (Fsp3) is 0.636. The molecule has 2 rings (SSSR count). The summed E-state index contributed by atoms with van der Waals surface area (Å²) in [5, 5.41) is 5.78. The Morgan fingerprint density at radius 1 is 1.19 bits per heavy atom. The van der Waals surface area contributed by atoms with Crippen LogP contribution in [0.15, 0.2) is 29.2 Å². The van der Waals surface area contributed by atoms with Crippen molar-refractivity contribution in [2.75, 3.05) is 44.6 Å². The smallest absolute Gasteiger partial charge is 0.243 e. The van der Waals surface area contributed by atoms with E-state index in [0.29, 0.717) is 31.9 Å². The molecule has 1 heterocycles. The quantitative estimate of drug-likeness (QED) is 0.502. The number of hydrogen-bond acceptors (Lipinski definition) is 5. The molecule has 1 aromatic rings. The number of carbonyl (C=O) groups is 2. The second kappa shape index (κ2) is 12.2. The Morgan fingerprint density at radius 3 is 2.61 bits per heavy atom. The summed E-state index contributed by atoms with van der Waals surface area (Å²) in [5.74, 6) is -0.252. The highest BCUT2D eigenvalue weighted by atomic mass is 32.2. The fourth-order valence-electron chi connectivity index (χ4n) is 3.80. The third-order valence-electron chi connectivity index (χ3n) is 5.53. The molecule has 0 radical (unpaired) electrons. The molecule has 2 N–H and O–H groups in total. The van der Waals surface area contributed by atoms with Crippen molar-refractivity contribution < 1.29 is 18.0 Å². The maximum absolute atomic E-state index is 12.7. The molecule has 0 aromatic heterocycles. The van der Waals surface area contributed by atoms with Gasteiger partial charge in [-0.25, -0.2) is 8.42 Å². The van der Waals surface area contributed by atoms with Gasteiger partial charge >= 0.3 is 0 Å². The molecular formula is C22H36N4O4S. The van der Waals surface area contributed by atoms with Crippen LogP contribution in [0.5, 0.6) is 0 Å². The summed E-state index contributed by atoms with van der Waals surface area (Å²) in [6.45, 7) is 8.64. The number of rotatable bonds is 11. The van der Waals surface area contributed by atoms with Crippen molar-refractivity contribution in [3.8, 4) is 0 Å². The molecule has 8 nitrogen and oxygen atoms in total. The average molecular weight is 453 g/mol. The zero-order valence-electron chi connectivity index (χ0n) is 18.9. The number of unbranched alkanes of at least 4 members (excludes halogenated alkanes) is 1. The molecule has 1 aliphatic rings. The van der Waals surface area contributed by atoms with Gasteiger partial charge in [0.1, 0.15) is 0 Å². The summed E-state index contributed by atoms with van der Waals surface area (Å²) in [7, 11) is -3.59. The summed E-state index contributed by atoms with van der Waals surface area (Å²) in [5.41, 5.74) is 0.448. The standard InChI is InChI=1S/C22H36N4O4S/c1-4-7-13-23-22(28)18-10-9-14-25(16-18)17-21(27)24-19-11-8-12-20(15-19)31(29,30)26(5-2)6-3/h8,11-12,15,18H,4-7,9-10,13-14,16-17H2,1-3H3,(H,23,28)(H,24,27). The van der Waals surface area contributed by atoms with Crippen molar-refractivity contribution in [2.45, 2.75) is 51.3 Å². The van der Waals surface area contributed by atoms with Crippen LogP contribution in [0.3, 0.4) is 0 Å². The molecule has 174 valence electrons. The number of sulfonamides is 1. The van der Waals surface area contributed by atoms with E-state index in [2.05, 4.69) is 17.6 Å². The van der Waals surface area contributed by atoms with E-state index in [1.807, 2.05) is 4.90 Å². The van der Waals surface area contributed by atoms with Gasteiger partial charge in [0.05, 0.1) is 17.4 Å². The number of benzene rings is 1. The van der Waals surface area contributed by atoms with Gasteiger partial charge in [0, 0.05) is 31.9 Å². The highest BCUT2D eigenvalue weighted by Crippen LogP contribution is 2.20. The zero-order chi connectivity index (χ0) is 22.9. The molecule has 1 aromatic carbocycles. The summed E-state index contributed by atoms with van der Waals surface area (Å²) < 4.78 is 26.8. The molecule has 0 bridgehead atoms. The Kier molecular flexibility index (Phi) is 9.93. The number of likely N-dealkylation sites (tertiary alicyclic amines) is 1. The third kappa shape index (κ3) is 7.29. The van der Waals surface area contributed by atoms with Gasteiger partial charge in [0.15, 0.2) is 0 Å². The van der Waals surface area contributed by atoms with Crippen molar-refractivity contribution in [2.24, 2.45) is 5.92 Å². The molecule has 0 spiro atoms. The van der Waals surface area contributed by atoms with Crippen LogP contribution < -0.4 is 10.6 Å². The maximum Gasteiger partial charge on any atom is 0.243 e. The van der Waals surface area contributed by atoms with E-state index < -0.39 is 10.0 Å². The van der Waals surface area contributed by atoms with E-state index in [9.17, 15) is 18.0 Å². The lowest BCUT2D eigenvalue weighted by Gasteiger charge is -2.31. The molecular weight excluding hydrogens is 416 g/mol. The Morgan fingerprint density at radius 2 is 1.94 bits per heavy atom. The van der Waals surface area contributed by atoms with Crippen LogP contribution >= 0.6 is 0 Å². The Bertz CT molecular complexity index is 840. The third-order valence-corrected chi connectivity index (χ3v) is 7.58. The van der Waals surface area contributed by atoms with Crippen LogP contribution in [0, 0.1) is 5.92 Å². The average Bonchev–Trinajstić information content (AvgIpc) is 2.75.